The molecule has 0 radical (unpaired) electrons. The highest BCUT2D eigenvalue weighted by molar-refractivity contribution is 5.39. The van der Waals surface area contributed by atoms with Crippen LogP contribution >= 0.6 is 0 Å². The molecule has 74 valence electrons. The highest BCUT2D eigenvalue weighted by Crippen LogP contribution is 2.29. The van der Waals surface area contributed by atoms with E-state index in [0.29, 0.717) is 0 Å². The lowest BCUT2D eigenvalue weighted by molar-refractivity contribution is -0.137. The fraction of sp³-hybridized carbons (Fsp3) is 0.250. The van der Waals surface area contributed by atoms with Gasteiger partial charge in [0.1, 0.15) is 12.4 Å². The van der Waals surface area contributed by atoms with Crippen LogP contribution in [0.15, 0.2) is 18.3 Å². The van der Waals surface area contributed by atoms with Crippen LogP contribution in [0, 0.1) is 11.3 Å². The van der Waals surface area contributed by atoms with Gasteiger partial charge in [0.2, 0.25) is 0 Å². The molecule has 0 atom stereocenters. The molecule has 6 heteroatoms. The summed E-state index contributed by atoms with van der Waals surface area (Å²) in [4.78, 5) is 3.63. The molecule has 0 fully saturated rings. The van der Waals surface area contributed by atoms with Gasteiger partial charge in [-0.3, -0.25) is 0 Å². The van der Waals surface area contributed by atoms with Gasteiger partial charge in [-0.05, 0) is 12.1 Å². The number of pyridine rings is 1. The topological polar surface area (TPSA) is 48.7 Å². The quantitative estimate of drug-likeness (QED) is 0.745. The Morgan fingerprint density at radius 1 is 1.50 bits per heavy atom. The largest absolute Gasteiger partial charge is 0.416 e. The van der Waals surface area contributed by atoms with E-state index in [2.05, 4.69) is 10.3 Å². The average Bonchev–Trinajstić information content (AvgIpc) is 2.14. The Labute approximate surface area is 78.2 Å². The van der Waals surface area contributed by atoms with E-state index < -0.39 is 11.7 Å². The van der Waals surface area contributed by atoms with Gasteiger partial charge in [-0.15, -0.1) is 0 Å². The summed E-state index contributed by atoms with van der Waals surface area (Å²) >= 11 is 0. The summed E-state index contributed by atoms with van der Waals surface area (Å²) in [5.41, 5.74) is -0.784. The smallest absolute Gasteiger partial charge is 0.357 e. The molecule has 1 heterocycles. The summed E-state index contributed by atoms with van der Waals surface area (Å²) in [6.45, 7) is -0.0751. The zero-order valence-electron chi connectivity index (χ0n) is 6.97. The zero-order valence-corrected chi connectivity index (χ0v) is 6.97. The maximum atomic E-state index is 12.2. The van der Waals surface area contributed by atoms with Crippen molar-refractivity contribution in [1.29, 1.82) is 5.26 Å². The lowest BCUT2D eigenvalue weighted by Crippen LogP contribution is -2.07. The van der Waals surface area contributed by atoms with Crippen LogP contribution in [-0.4, -0.2) is 11.5 Å². The Hall–Kier alpha value is -1.77. The SMILES string of the molecule is N#CCNc1cc(C(F)(F)F)ccn1. The minimum absolute atomic E-state index is 0.0429. The van der Waals surface area contributed by atoms with Crippen molar-refractivity contribution in [1.82, 2.24) is 4.98 Å². The molecule has 0 aliphatic carbocycles. The van der Waals surface area contributed by atoms with Crippen LogP contribution in [0.2, 0.25) is 0 Å². The van der Waals surface area contributed by atoms with Crippen molar-refractivity contribution in [2.24, 2.45) is 0 Å². The predicted octanol–water partition coefficient (Wildman–Crippen LogP) is 2.04. The number of rotatable bonds is 2. The predicted molar refractivity (Wildman–Crippen MR) is 43.3 cm³/mol. The number of nitrogens with zero attached hydrogens (tertiary/aromatic N) is 2. The molecule has 0 amide bonds. The molecule has 0 aliphatic heterocycles. The van der Waals surface area contributed by atoms with Crippen LogP contribution in [-0.2, 0) is 6.18 Å². The Morgan fingerprint density at radius 2 is 2.21 bits per heavy atom. The monoisotopic (exact) mass is 201 g/mol. The van der Waals surface area contributed by atoms with Crippen molar-refractivity contribution in [2.75, 3.05) is 11.9 Å². The van der Waals surface area contributed by atoms with Gasteiger partial charge >= 0.3 is 6.18 Å². The van der Waals surface area contributed by atoms with Gasteiger partial charge in [-0.25, -0.2) is 4.98 Å². The third-order valence-corrected chi connectivity index (χ3v) is 1.44. The molecule has 0 saturated heterocycles. The number of nitrogens with one attached hydrogen (secondary N) is 1. The van der Waals surface area contributed by atoms with Gasteiger partial charge in [0.25, 0.3) is 0 Å². The first-order valence-corrected chi connectivity index (χ1v) is 3.68. The maximum Gasteiger partial charge on any atom is 0.416 e. The zero-order chi connectivity index (χ0) is 10.6. The minimum Gasteiger partial charge on any atom is -0.357 e. The molecule has 1 aromatic rings. The number of aromatic nitrogens is 1. The Morgan fingerprint density at radius 3 is 2.79 bits per heavy atom. The first kappa shape index (κ1) is 10.3. The normalized spacial score (nSPS) is 10.7. The molecule has 0 spiro atoms. The summed E-state index contributed by atoms with van der Waals surface area (Å²) in [5, 5.41) is 10.6. The second kappa shape index (κ2) is 3.96. The summed E-state index contributed by atoms with van der Waals surface area (Å²) in [6, 6.07) is 3.47. The lowest BCUT2D eigenvalue weighted by atomic mass is 10.2. The fourth-order valence-corrected chi connectivity index (χ4v) is 0.834. The number of hydrogen-bond acceptors (Lipinski definition) is 3. The van der Waals surface area contributed by atoms with Crippen molar-refractivity contribution in [2.45, 2.75) is 6.18 Å². The Balaban J connectivity index is 2.86. The molecular weight excluding hydrogens is 195 g/mol. The van der Waals surface area contributed by atoms with E-state index in [1.807, 2.05) is 0 Å². The molecule has 14 heavy (non-hydrogen) atoms. The lowest BCUT2D eigenvalue weighted by Gasteiger charge is -2.07. The number of anilines is 1. The van der Waals surface area contributed by atoms with Crippen molar-refractivity contribution in [3.05, 3.63) is 23.9 Å². The van der Waals surface area contributed by atoms with Crippen LogP contribution in [0.5, 0.6) is 0 Å². The highest BCUT2D eigenvalue weighted by Gasteiger charge is 2.30. The van der Waals surface area contributed by atoms with Crippen molar-refractivity contribution in [3.8, 4) is 6.07 Å². The van der Waals surface area contributed by atoms with Gasteiger partial charge in [-0.2, -0.15) is 18.4 Å². The molecule has 0 aliphatic rings. The third-order valence-electron chi connectivity index (χ3n) is 1.44. The number of nitriles is 1. The number of alkyl halides is 3. The van der Waals surface area contributed by atoms with E-state index in [4.69, 9.17) is 5.26 Å². The van der Waals surface area contributed by atoms with Crippen LogP contribution in [0.4, 0.5) is 19.0 Å². The average molecular weight is 201 g/mol. The van der Waals surface area contributed by atoms with Gasteiger partial charge < -0.3 is 5.32 Å². The van der Waals surface area contributed by atoms with E-state index in [9.17, 15) is 13.2 Å². The van der Waals surface area contributed by atoms with Crippen molar-refractivity contribution >= 4 is 5.82 Å². The van der Waals surface area contributed by atoms with Crippen LogP contribution in [0.25, 0.3) is 0 Å². The van der Waals surface area contributed by atoms with Gasteiger partial charge in [0.15, 0.2) is 0 Å². The van der Waals surface area contributed by atoms with E-state index in [0.717, 1.165) is 18.3 Å². The molecule has 1 N–H and O–H groups in total. The first-order valence-electron chi connectivity index (χ1n) is 3.68. The van der Waals surface area contributed by atoms with Crippen LogP contribution in [0.3, 0.4) is 0 Å². The third kappa shape index (κ3) is 2.62. The van der Waals surface area contributed by atoms with Crippen LogP contribution < -0.4 is 5.32 Å². The van der Waals surface area contributed by atoms with Crippen LogP contribution in [0.1, 0.15) is 5.56 Å². The summed E-state index contributed by atoms with van der Waals surface area (Å²) in [5.74, 6) is 0.0429. The van der Waals surface area contributed by atoms with Crippen molar-refractivity contribution in [3.63, 3.8) is 0 Å². The fourth-order valence-electron chi connectivity index (χ4n) is 0.834. The minimum atomic E-state index is -4.38. The molecular formula is C8H6F3N3. The van der Waals surface area contributed by atoms with Gasteiger partial charge in [0.05, 0.1) is 11.6 Å². The Bertz CT molecular complexity index is 354. The van der Waals surface area contributed by atoms with Crippen molar-refractivity contribution < 1.29 is 13.2 Å². The molecule has 0 saturated carbocycles. The van der Waals surface area contributed by atoms with Gasteiger partial charge in [0, 0.05) is 6.20 Å². The second-order valence-corrected chi connectivity index (χ2v) is 2.44. The number of halogens is 3. The maximum absolute atomic E-state index is 12.2. The molecule has 0 aromatic carbocycles. The van der Waals surface area contributed by atoms with E-state index >= 15 is 0 Å². The van der Waals surface area contributed by atoms with E-state index in [1.54, 1.807) is 6.07 Å². The molecule has 0 unspecified atom stereocenters. The van der Waals surface area contributed by atoms with E-state index in [1.165, 1.54) is 0 Å². The van der Waals surface area contributed by atoms with E-state index in [-0.39, 0.29) is 12.4 Å². The molecule has 3 nitrogen and oxygen atoms in total. The standard InChI is InChI=1S/C8H6F3N3/c9-8(10,11)6-1-3-13-7(5-6)14-4-2-12/h1,3,5H,4H2,(H,13,14). The summed E-state index contributed by atoms with van der Waals surface area (Å²) in [6.07, 6.45) is -3.34. The summed E-state index contributed by atoms with van der Waals surface area (Å²) in [7, 11) is 0. The first-order chi connectivity index (χ1) is 6.54. The molecule has 1 rings (SSSR count). The summed E-state index contributed by atoms with van der Waals surface area (Å²) < 4.78 is 36.5. The Kier molecular flexibility index (Phi) is 2.92. The number of hydrogen-bond donors (Lipinski definition) is 1. The second-order valence-electron chi connectivity index (χ2n) is 2.44. The van der Waals surface area contributed by atoms with Gasteiger partial charge in [-0.1, -0.05) is 0 Å². The molecule has 0 bridgehead atoms. The highest BCUT2D eigenvalue weighted by atomic mass is 19.4. The molecule has 1 aromatic heterocycles.